The minimum Gasteiger partial charge on any atom is -0.409 e. The van der Waals surface area contributed by atoms with E-state index in [2.05, 4.69) is 16.7 Å². The predicted octanol–water partition coefficient (Wildman–Crippen LogP) is 3.03. The van der Waals surface area contributed by atoms with E-state index in [1.54, 1.807) is 0 Å². The minimum absolute atomic E-state index is 0.0762. The fourth-order valence-corrected chi connectivity index (χ4v) is 2.74. The van der Waals surface area contributed by atoms with Crippen molar-refractivity contribution in [3.8, 4) is 0 Å². The van der Waals surface area contributed by atoms with Crippen LogP contribution < -0.4 is 11.1 Å². The van der Waals surface area contributed by atoms with Crippen LogP contribution in [0.3, 0.4) is 0 Å². The molecule has 1 aromatic carbocycles. The molecule has 1 unspecified atom stereocenters. The highest BCUT2D eigenvalue weighted by Crippen LogP contribution is 2.14. The Morgan fingerprint density at radius 1 is 1.24 bits per heavy atom. The number of nitrogens with two attached hydrogens (primary N) is 1. The average Bonchev–Trinajstić information content (AvgIpc) is 2.53. The van der Waals surface area contributed by atoms with Gasteiger partial charge < -0.3 is 16.3 Å². The number of amidine groups is 1. The van der Waals surface area contributed by atoms with Gasteiger partial charge in [0.05, 0.1) is 5.92 Å². The Balaban J connectivity index is 2.29. The topological polar surface area (TPSA) is 70.6 Å². The molecule has 0 aliphatic heterocycles. The van der Waals surface area contributed by atoms with Crippen LogP contribution in [0.25, 0.3) is 0 Å². The van der Waals surface area contributed by atoms with E-state index >= 15 is 0 Å². The van der Waals surface area contributed by atoms with Gasteiger partial charge in [0.2, 0.25) is 0 Å². The van der Waals surface area contributed by atoms with Gasteiger partial charge in [0, 0.05) is 6.54 Å². The second-order valence-corrected chi connectivity index (χ2v) is 6.08. The molecule has 0 bridgehead atoms. The number of hydrogen-bond donors (Lipinski definition) is 3. The molecule has 0 aromatic heterocycles. The fraction of sp³-hybridized carbons (Fsp3) is 0.562. The van der Waals surface area contributed by atoms with Gasteiger partial charge in [-0.05, 0) is 37.0 Å². The Kier molecular flexibility index (Phi) is 9.74. The summed E-state index contributed by atoms with van der Waals surface area (Å²) in [4.78, 5) is 0. The van der Waals surface area contributed by atoms with Gasteiger partial charge in [0.25, 0.3) is 0 Å². The van der Waals surface area contributed by atoms with Crippen molar-refractivity contribution in [1.29, 1.82) is 0 Å². The zero-order valence-corrected chi connectivity index (χ0v) is 13.6. The molecule has 0 saturated carbocycles. The molecule has 1 rings (SSSR count). The van der Waals surface area contributed by atoms with Crippen molar-refractivity contribution in [2.75, 3.05) is 25.1 Å². The molecule has 0 fully saturated rings. The summed E-state index contributed by atoms with van der Waals surface area (Å²) in [6.07, 6.45) is 7.18. The monoisotopic (exact) mass is 309 g/mol. The van der Waals surface area contributed by atoms with Crippen molar-refractivity contribution in [2.45, 2.75) is 31.6 Å². The number of hydrogen-bond acceptors (Lipinski definition) is 4. The van der Waals surface area contributed by atoms with E-state index in [-0.39, 0.29) is 11.8 Å². The molecule has 0 heterocycles. The maximum absolute atomic E-state index is 8.92. The molecule has 118 valence electrons. The maximum atomic E-state index is 8.92. The molecular formula is C16H27N3OS. The van der Waals surface area contributed by atoms with Gasteiger partial charge in [-0.15, -0.1) is 0 Å². The first-order chi connectivity index (χ1) is 10.3. The Hall–Kier alpha value is -1.20. The summed E-state index contributed by atoms with van der Waals surface area (Å²) in [5.41, 5.74) is 6.87. The summed E-state index contributed by atoms with van der Waals surface area (Å²) < 4.78 is 0. The smallest absolute Gasteiger partial charge is 0.147 e. The summed E-state index contributed by atoms with van der Waals surface area (Å²) in [6.45, 7) is 1.67. The largest absolute Gasteiger partial charge is 0.409 e. The van der Waals surface area contributed by atoms with Crippen LogP contribution in [0.5, 0.6) is 0 Å². The van der Waals surface area contributed by atoms with Gasteiger partial charge in [-0.1, -0.05) is 48.3 Å². The van der Waals surface area contributed by atoms with Crippen LogP contribution in [0.15, 0.2) is 35.5 Å². The van der Waals surface area contributed by atoms with Gasteiger partial charge in [0.15, 0.2) is 0 Å². The number of unbranched alkanes of at least 4 members (excludes halogenated alkanes) is 3. The molecule has 0 radical (unpaired) electrons. The van der Waals surface area contributed by atoms with Crippen molar-refractivity contribution in [3.63, 3.8) is 0 Å². The van der Waals surface area contributed by atoms with E-state index < -0.39 is 0 Å². The normalized spacial score (nSPS) is 13.3. The molecule has 0 aliphatic rings. The third-order valence-corrected chi connectivity index (χ3v) is 4.17. The number of nitrogens with one attached hydrogen (secondary N) is 1. The Morgan fingerprint density at radius 3 is 2.62 bits per heavy atom. The van der Waals surface area contributed by atoms with Crippen molar-refractivity contribution >= 4 is 17.6 Å². The number of benzene rings is 1. The second kappa shape index (κ2) is 11.5. The number of oxime groups is 1. The lowest BCUT2D eigenvalue weighted by Crippen LogP contribution is -2.32. The van der Waals surface area contributed by atoms with Crippen molar-refractivity contribution in [3.05, 3.63) is 35.9 Å². The molecule has 1 aromatic rings. The Bertz CT molecular complexity index is 398. The molecule has 4 N–H and O–H groups in total. The lowest BCUT2D eigenvalue weighted by Gasteiger charge is -2.16. The fourth-order valence-electron chi connectivity index (χ4n) is 2.24. The summed E-state index contributed by atoms with van der Waals surface area (Å²) >= 11 is 1.91. The Labute approximate surface area is 132 Å². The molecule has 0 saturated heterocycles. The van der Waals surface area contributed by atoms with E-state index in [0.29, 0.717) is 6.54 Å². The van der Waals surface area contributed by atoms with E-state index in [9.17, 15) is 0 Å². The van der Waals surface area contributed by atoms with Crippen molar-refractivity contribution in [1.82, 2.24) is 5.32 Å². The van der Waals surface area contributed by atoms with Crippen LogP contribution in [0, 0.1) is 0 Å². The summed E-state index contributed by atoms with van der Waals surface area (Å²) in [5.74, 6) is 1.44. The van der Waals surface area contributed by atoms with Crippen molar-refractivity contribution < 1.29 is 5.21 Å². The highest BCUT2D eigenvalue weighted by Gasteiger charge is 2.15. The molecular weight excluding hydrogens is 282 g/mol. The molecule has 5 heteroatoms. The second-order valence-electron chi connectivity index (χ2n) is 5.10. The maximum Gasteiger partial charge on any atom is 0.147 e. The van der Waals surface area contributed by atoms with Crippen molar-refractivity contribution in [2.24, 2.45) is 10.9 Å². The average molecular weight is 309 g/mol. The first kappa shape index (κ1) is 17.9. The number of thioether (sulfide) groups is 1. The Morgan fingerprint density at radius 2 is 1.95 bits per heavy atom. The lowest BCUT2D eigenvalue weighted by molar-refractivity contribution is 0.315. The van der Waals surface area contributed by atoms with Crippen LogP contribution in [0.4, 0.5) is 0 Å². The third kappa shape index (κ3) is 7.39. The molecule has 1 atom stereocenters. The zero-order valence-electron chi connectivity index (χ0n) is 12.8. The highest BCUT2D eigenvalue weighted by atomic mass is 32.2. The molecule has 0 amide bonds. The van der Waals surface area contributed by atoms with Crippen LogP contribution in [-0.2, 0) is 0 Å². The lowest BCUT2D eigenvalue weighted by atomic mass is 9.98. The van der Waals surface area contributed by atoms with Crippen LogP contribution in [0.1, 0.15) is 37.2 Å². The SMILES string of the molecule is CSCCCCCCNCC(/C(N)=N/O)c1ccccc1. The molecule has 21 heavy (non-hydrogen) atoms. The van der Waals surface area contributed by atoms with Gasteiger partial charge in [-0.25, -0.2) is 0 Å². The summed E-state index contributed by atoms with van der Waals surface area (Å²) in [7, 11) is 0. The molecule has 0 spiro atoms. The van der Waals surface area contributed by atoms with E-state index in [0.717, 1.165) is 12.1 Å². The van der Waals surface area contributed by atoms with Gasteiger partial charge in [-0.3, -0.25) is 0 Å². The summed E-state index contributed by atoms with van der Waals surface area (Å²) in [6, 6.07) is 9.92. The molecule has 4 nitrogen and oxygen atoms in total. The van der Waals surface area contributed by atoms with Crippen LogP contribution >= 0.6 is 11.8 Å². The highest BCUT2D eigenvalue weighted by molar-refractivity contribution is 7.98. The standard InChI is InChI=1S/C16H27N3OS/c1-21-12-8-3-2-7-11-18-13-15(16(17)19-20)14-9-5-4-6-10-14/h4-6,9-10,15,18,20H,2-3,7-8,11-13H2,1H3,(H2,17,19). The van der Waals surface area contributed by atoms with Crippen LogP contribution in [-0.4, -0.2) is 36.1 Å². The van der Waals surface area contributed by atoms with E-state index in [1.165, 1.54) is 31.4 Å². The zero-order chi connectivity index (χ0) is 15.3. The first-order valence-electron chi connectivity index (χ1n) is 7.51. The van der Waals surface area contributed by atoms with E-state index in [1.807, 2.05) is 42.1 Å². The third-order valence-electron chi connectivity index (χ3n) is 3.47. The number of nitrogens with zero attached hydrogens (tertiary/aromatic N) is 1. The number of rotatable bonds is 11. The van der Waals surface area contributed by atoms with Gasteiger partial charge in [0.1, 0.15) is 5.84 Å². The van der Waals surface area contributed by atoms with Crippen LogP contribution in [0.2, 0.25) is 0 Å². The predicted molar refractivity (Wildman–Crippen MR) is 92.3 cm³/mol. The summed E-state index contributed by atoms with van der Waals surface area (Å²) in [5, 5.41) is 15.5. The minimum atomic E-state index is -0.0762. The molecule has 0 aliphatic carbocycles. The van der Waals surface area contributed by atoms with Gasteiger partial charge >= 0.3 is 0 Å². The van der Waals surface area contributed by atoms with E-state index in [4.69, 9.17) is 10.9 Å². The first-order valence-corrected chi connectivity index (χ1v) is 8.91. The quantitative estimate of drug-likeness (QED) is 0.193. The van der Waals surface area contributed by atoms with Gasteiger partial charge in [-0.2, -0.15) is 11.8 Å².